The molecule has 3 aromatic heterocycles. The average molecular weight is 526 g/mol. The molecule has 0 saturated carbocycles. The van der Waals surface area contributed by atoms with Crippen LogP contribution in [-0.4, -0.2) is 37.1 Å². The van der Waals surface area contributed by atoms with Crippen LogP contribution in [0.15, 0.2) is 50.0 Å². The molecule has 4 rings (SSSR count). The number of carbonyl (C=O) groups is 2. The summed E-state index contributed by atoms with van der Waals surface area (Å²) in [6, 6.07) is 8.89. The van der Waals surface area contributed by atoms with Gasteiger partial charge in [-0.2, -0.15) is 5.26 Å². The van der Waals surface area contributed by atoms with E-state index >= 15 is 0 Å². The van der Waals surface area contributed by atoms with E-state index in [2.05, 4.69) is 0 Å². The number of aromatic hydroxyl groups is 1. The lowest BCUT2D eigenvalue weighted by atomic mass is 9.99. The molecule has 1 saturated heterocycles. The molecule has 11 heteroatoms. The zero-order chi connectivity index (χ0) is 25.1. The Morgan fingerprint density at radius 1 is 1.31 bits per heavy atom. The Balaban J connectivity index is 1.50. The first-order valence-electron chi connectivity index (χ1n) is 10.5. The van der Waals surface area contributed by atoms with Gasteiger partial charge < -0.3 is 9.52 Å². The third-order valence-electron chi connectivity index (χ3n) is 5.45. The van der Waals surface area contributed by atoms with Gasteiger partial charge in [0.25, 0.3) is 11.5 Å². The van der Waals surface area contributed by atoms with Crippen molar-refractivity contribution in [1.29, 1.82) is 5.26 Å². The number of Topliss-reactive ketones (excluding diaryl/α,β-unsaturated/α-hetero) is 1. The van der Waals surface area contributed by atoms with E-state index in [1.807, 2.05) is 23.6 Å². The number of ketones is 1. The van der Waals surface area contributed by atoms with Gasteiger partial charge >= 0.3 is 0 Å². The number of nitriles is 1. The minimum atomic E-state index is -0.703. The number of rotatable bonds is 8. The second-order valence-electron chi connectivity index (χ2n) is 7.66. The highest BCUT2D eigenvalue weighted by Gasteiger charge is 2.32. The van der Waals surface area contributed by atoms with Crippen LogP contribution in [0.4, 0.5) is 0 Å². The normalized spacial score (nSPS) is 14.6. The second-order valence-corrected chi connectivity index (χ2v) is 10.3. The third kappa shape index (κ3) is 5.00. The van der Waals surface area contributed by atoms with E-state index in [0.29, 0.717) is 15.0 Å². The molecule has 1 amide bonds. The van der Waals surface area contributed by atoms with Gasteiger partial charge in [-0.1, -0.05) is 30.0 Å². The van der Waals surface area contributed by atoms with Crippen LogP contribution in [-0.2, 0) is 11.3 Å². The van der Waals surface area contributed by atoms with E-state index in [4.69, 9.17) is 16.6 Å². The molecule has 0 spiro atoms. The molecule has 35 heavy (non-hydrogen) atoms. The topological polar surface area (TPSA) is 117 Å². The van der Waals surface area contributed by atoms with Crippen LogP contribution in [0.5, 0.6) is 5.88 Å². The molecule has 4 heterocycles. The molecule has 1 aliphatic rings. The summed E-state index contributed by atoms with van der Waals surface area (Å²) < 4.78 is 6.61. The minimum Gasteiger partial charge on any atom is -0.494 e. The fourth-order valence-corrected chi connectivity index (χ4v) is 5.74. The number of amides is 1. The number of aromatic nitrogens is 1. The van der Waals surface area contributed by atoms with E-state index in [-0.39, 0.29) is 48.5 Å². The summed E-state index contributed by atoms with van der Waals surface area (Å²) in [5.41, 5.74) is -0.880. The van der Waals surface area contributed by atoms with Crippen molar-refractivity contribution in [2.75, 3.05) is 6.54 Å². The SMILES string of the molecule is Cc1c(C(=O)CCCN2C(=O)/C(=C/c3cccs3)SC2=S)c(O)n(Cc2ccco2)c(=O)c1C#N. The zero-order valence-corrected chi connectivity index (χ0v) is 21.0. The number of furan rings is 1. The maximum atomic E-state index is 13.1. The van der Waals surface area contributed by atoms with E-state index in [9.17, 15) is 24.8 Å². The van der Waals surface area contributed by atoms with Crippen LogP contribution >= 0.6 is 35.3 Å². The maximum Gasteiger partial charge on any atom is 0.271 e. The predicted octanol–water partition coefficient (Wildman–Crippen LogP) is 4.30. The Morgan fingerprint density at radius 2 is 2.11 bits per heavy atom. The summed E-state index contributed by atoms with van der Waals surface area (Å²) in [4.78, 5) is 41.5. The summed E-state index contributed by atoms with van der Waals surface area (Å²) >= 11 is 8.08. The van der Waals surface area contributed by atoms with Crippen molar-refractivity contribution >= 4 is 57.4 Å². The standard InChI is InChI=1S/C24H19N3O5S3/c1-14-17(12-25)21(29)27(13-15-5-3-9-32-15)23(31)20(14)18(28)7-2-8-26-22(30)19(35-24(26)33)11-16-6-4-10-34-16/h3-6,9-11,31H,2,7-8,13H2,1H3/b19-11-. The molecule has 1 N–H and O–H groups in total. The van der Waals surface area contributed by atoms with Gasteiger partial charge in [-0.05, 0) is 48.6 Å². The molecule has 0 radical (unpaired) electrons. The maximum absolute atomic E-state index is 13.1. The summed E-state index contributed by atoms with van der Waals surface area (Å²) in [5, 5.41) is 22.2. The molecule has 1 fully saturated rings. The quantitative estimate of drug-likeness (QED) is 0.263. The molecule has 178 valence electrons. The van der Waals surface area contributed by atoms with Crippen molar-refractivity contribution in [1.82, 2.24) is 9.47 Å². The molecule has 0 aliphatic carbocycles. The highest BCUT2D eigenvalue weighted by molar-refractivity contribution is 8.26. The summed E-state index contributed by atoms with van der Waals surface area (Å²) in [5.74, 6) is -0.779. The summed E-state index contributed by atoms with van der Waals surface area (Å²) in [6.45, 7) is 1.57. The number of nitrogens with zero attached hydrogens (tertiary/aromatic N) is 3. The van der Waals surface area contributed by atoms with E-state index in [0.717, 1.165) is 9.44 Å². The summed E-state index contributed by atoms with van der Waals surface area (Å²) in [7, 11) is 0. The molecular formula is C24H19N3O5S3. The van der Waals surface area contributed by atoms with Crippen molar-refractivity contribution in [3.05, 3.63) is 78.5 Å². The first kappa shape index (κ1) is 24.7. The van der Waals surface area contributed by atoms with Crippen molar-refractivity contribution in [2.24, 2.45) is 0 Å². The van der Waals surface area contributed by atoms with Gasteiger partial charge in [0.05, 0.1) is 23.3 Å². The van der Waals surface area contributed by atoms with Crippen molar-refractivity contribution < 1.29 is 19.1 Å². The largest absolute Gasteiger partial charge is 0.494 e. The lowest BCUT2D eigenvalue weighted by Gasteiger charge is -2.16. The Kier molecular flexibility index (Phi) is 7.35. The Bertz CT molecular complexity index is 1430. The van der Waals surface area contributed by atoms with Crippen molar-refractivity contribution in [2.45, 2.75) is 26.3 Å². The fourth-order valence-electron chi connectivity index (χ4n) is 3.71. The predicted molar refractivity (Wildman–Crippen MR) is 137 cm³/mol. The molecule has 0 unspecified atom stereocenters. The average Bonchev–Trinajstić information content (AvgIpc) is 3.57. The molecule has 0 bridgehead atoms. The van der Waals surface area contributed by atoms with Crippen molar-refractivity contribution in [3.63, 3.8) is 0 Å². The van der Waals surface area contributed by atoms with Gasteiger partial charge in [-0.15, -0.1) is 11.3 Å². The Morgan fingerprint density at radius 3 is 2.77 bits per heavy atom. The molecular weight excluding hydrogens is 506 g/mol. The minimum absolute atomic E-state index is 0.0146. The second kappa shape index (κ2) is 10.4. The fraction of sp³-hybridized carbons (Fsp3) is 0.208. The van der Waals surface area contributed by atoms with Gasteiger partial charge in [0.2, 0.25) is 5.88 Å². The number of thiocarbonyl (C=S) groups is 1. The van der Waals surface area contributed by atoms with Crippen LogP contribution in [0, 0.1) is 18.3 Å². The Labute approximate surface area is 214 Å². The Hall–Kier alpha value is -3.46. The molecule has 8 nitrogen and oxygen atoms in total. The number of thioether (sulfide) groups is 1. The number of pyridine rings is 1. The molecule has 1 aliphatic heterocycles. The van der Waals surface area contributed by atoms with Crippen LogP contribution in [0.1, 0.15) is 45.0 Å². The first-order valence-corrected chi connectivity index (χ1v) is 12.6. The number of hydrogen-bond acceptors (Lipinski definition) is 9. The molecule has 3 aromatic rings. The number of hydrogen-bond donors (Lipinski definition) is 1. The highest BCUT2D eigenvalue weighted by atomic mass is 32.2. The van der Waals surface area contributed by atoms with Gasteiger partial charge in [0, 0.05) is 17.8 Å². The third-order valence-corrected chi connectivity index (χ3v) is 7.65. The van der Waals surface area contributed by atoms with E-state index in [1.165, 1.54) is 41.2 Å². The van der Waals surface area contributed by atoms with E-state index in [1.54, 1.807) is 18.2 Å². The van der Waals surface area contributed by atoms with Gasteiger partial charge in [-0.25, -0.2) is 0 Å². The lowest BCUT2D eigenvalue weighted by molar-refractivity contribution is -0.122. The monoisotopic (exact) mass is 525 g/mol. The van der Waals surface area contributed by atoms with E-state index < -0.39 is 17.2 Å². The smallest absolute Gasteiger partial charge is 0.271 e. The van der Waals surface area contributed by atoms with Gasteiger partial charge in [0.1, 0.15) is 21.7 Å². The van der Waals surface area contributed by atoms with Crippen molar-refractivity contribution in [3.8, 4) is 11.9 Å². The molecule has 0 atom stereocenters. The van der Waals surface area contributed by atoms with Crippen LogP contribution in [0.2, 0.25) is 0 Å². The molecule has 0 aromatic carbocycles. The first-order chi connectivity index (χ1) is 16.8. The lowest BCUT2D eigenvalue weighted by Crippen LogP contribution is -2.30. The number of carbonyl (C=O) groups excluding carboxylic acids is 2. The van der Waals surface area contributed by atoms with Gasteiger partial charge in [0.15, 0.2) is 5.78 Å². The number of thiophene rings is 1. The van der Waals surface area contributed by atoms with Crippen LogP contribution < -0.4 is 5.56 Å². The summed E-state index contributed by atoms with van der Waals surface area (Å²) in [6.07, 6.45) is 3.49. The van der Waals surface area contributed by atoms with Crippen LogP contribution in [0.25, 0.3) is 6.08 Å². The van der Waals surface area contributed by atoms with Gasteiger partial charge in [-0.3, -0.25) is 23.9 Å². The highest BCUT2D eigenvalue weighted by Crippen LogP contribution is 2.33. The zero-order valence-electron chi connectivity index (χ0n) is 18.5. The van der Waals surface area contributed by atoms with Crippen LogP contribution in [0.3, 0.4) is 0 Å².